The van der Waals surface area contributed by atoms with E-state index in [4.69, 9.17) is 0 Å². The molecule has 7 nitrogen and oxygen atoms in total. The van der Waals surface area contributed by atoms with Crippen molar-refractivity contribution in [2.45, 2.75) is 33.7 Å². The fraction of sp³-hybridized carbons (Fsp3) is 0.467. The average Bonchev–Trinajstić information content (AvgIpc) is 2.81. The minimum atomic E-state index is -0.399. The molecule has 0 aromatic carbocycles. The van der Waals surface area contributed by atoms with Crippen LogP contribution in [0.1, 0.15) is 23.8 Å². The highest BCUT2D eigenvalue weighted by molar-refractivity contribution is 7.18. The van der Waals surface area contributed by atoms with Gasteiger partial charge in [0, 0.05) is 11.4 Å². The van der Waals surface area contributed by atoms with Gasteiger partial charge >= 0.3 is 0 Å². The second-order valence-electron chi connectivity index (χ2n) is 5.27. The highest BCUT2D eigenvalue weighted by atomic mass is 32.1. The van der Waals surface area contributed by atoms with Gasteiger partial charge in [-0.1, -0.05) is 6.92 Å². The van der Waals surface area contributed by atoms with Gasteiger partial charge in [0.25, 0.3) is 5.56 Å². The van der Waals surface area contributed by atoms with Crippen LogP contribution in [0.4, 0.5) is 0 Å². The van der Waals surface area contributed by atoms with Gasteiger partial charge < -0.3 is 10.6 Å². The van der Waals surface area contributed by atoms with Crippen molar-refractivity contribution in [3.05, 3.63) is 27.1 Å². The number of fused-ring (bicyclic) bond motifs is 1. The maximum Gasteiger partial charge on any atom is 0.262 e. The molecule has 0 bridgehead atoms. The summed E-state index contributed by atoms with van der Waals surface area (Å²) in [6.07, 6.45) is 2.21. The van der Waals surface area contributed by atoms with Crippen molar-refractivity contribution in [2.75, 3.05) is 13.1 Å². The van der Waals surface area contributed by atoms with Crippen LogP contribution in [-0.2, 0) is 16.1 Å². The monoisotopic (exact) mass is 336 g/mol. The van der Waals surface area contributed by atoms with E-state index in [0.29, 0.717) is 16.8 Å². The van der Waals surface area contributed by atoms with Crippen LogP contribution in [0.15, 0.2) is 11.1 Å². The minimum absolute atomic E-state index is 0.0974. The van der Waals surface area contributed by atoms with Crippen molar-refractivity contribution in [3.63, 3.8) is 0 Å². The summed E-state index contributed by atoms with van der Waals surface area (Å²) < 4.78 is 1.26. The summed E-state index contributed by atoms with van der Waals surface area (Å²) in [5, 5.41) is 5.72. The number of nitrogens with zero attached hydrogens (tertiary/aromatic N) is 2. The Morgan fingerprint density at radius 3 is 2.70 bits per heavy atom. The van der Waals surface area contributed by atoms with Gasteiger partial charge in [0.2, 0.25) is 11.8 Å². The molecule has 2 N–H and O–H groups in total. The van der Waals surface area contributed by atoms with Crippen LogP contribution in [0.2, 0.25) is 0 Å². The molecule has 0 atom stereocenters. The molecular weight excluding hydrogens is 316 g/mol. The number of thiophene rings is 1. The summed E-state index contributed by atoms with van der Waals surface area (Å²) in [4.78, 5) is 41.7. The molecule has 0 spiro atoms. The standard InChI is InChI=1S/C15H20N4O3S/c1-4-5-16-11(20)6-17-12(21)7-19-8-18-14-13(15(19)22)9(2)10(3)23-14/h8H,4-7H2,1-3H3,(H,16,20)(H,17,21). The Hall–Kier alpha value is -2.22. The maximum atomic E-state index is 12.4. The van der Waals surface area contributed by atoms with E-state index in [2.05, 4.69) is 15.6 Å². The Morgan fingerprint density at radius 2 is 2.00 bits per heavy atom. The van der Waals surface area contributed by atoms with Gasteiger partial charge in [0.05, 0.1) is 18.3 Å². The molecule has 2 aromatic heterocycles. The highest BCUT2D eigenvalue weighted by Gasteiger charge is 2.14. The van der Waals surface area contributed by atoms with Crippen LogP contribution in [0.3, 0.4) is 0 Å². The quantitative estimate of drug-likeness (QED) is 0.813. The number of amides is 2. The van der Waals surface area contributed by atoms with Crippen LogP contribution >= 0.6 is 11.3 Å². The van der Waals surface area contributed by atoms with Crippen LogP contribution in [0.25, 0.3) is 10.2 Å². The lowest BCUT2D eigenvalue weighted by Crippen LogP contribution is -2.39. The van der Waals surface area contributed by atoms with E-state index in [9.17, 15) is 14.4 Å². The fourth-order valence-electron chi connectivity index (χ4n) is 2.10. The minimum Gasteiger partial charge on any atom is -0.355 e. The molecule has 2 aromatic rings. The second-order valence-corrected chi connectivity index (χ2v) is 6.47. The van der Waals surface area contributed by atoms with E-state index in [1.54, 1.807) is 0 Å². The van der Waals surface area contributed by atoms with Gasteiger partial charge in [-0.05, 0) is 25.8 Å². The van der Waals surface area contributed by atoms with E-state index in [-0.39, 0.29) is 24.6 Å². The largest absolute Gasteiger partial charge is 0.355 e. The topological polar surface area (TPSA) is 93.1 Å². The lowest BCUT2D eigenvalue weighted by atomic mass is 10.2. The molecule has 2 amide bonds. The number of rotatable bonds is 6. The molecule has 8 heteroatoms. The molecule has 0 aliphatic heterocycles. The molecule has 0 radical (unpaired) electrons. The fourth-order valence-corrected chi connectivity index (χ4v) is 3.09. The molecule has 0 unspecified atom stereocenters. The first-order chi connectivity index (χ1) is 10.9. The number of carbonyl (C=O) groups excluding carboxylic acids is 2. The van der Waals surface area contributed by atoms with Crippen LogP contribution in [0.5, 0.6) is 0 Å². The van der Waals surface area contributed by atoms with Gasteiger partial charge in [-0.3, -0.25) is 19.0 Å². The van der Waals surface area contributed by atoms with Crippen LogP contribution in [0, 0.1) is 13.8 Å². The maximum absolute atomic E-state index is 12.4. The molecule has 0 fully saturated rings. The molecule has 2 rings (SSSR count). The predicted molar refractivity (Wildman–Crippen MR) is 89.7 cm³/mol. The Kier molecular flexibility index (Phi) is 5.49. The molecular formula is C15H20N4O3S. The normalized spacial score (nSPS) is 10.7. The zero-order valence-corrected chi connectivity index (χ0v) is 14.2. The van der Waals surface area contributed by atoms with E-state index in [1.165, 1.54) is 22.2 Å². The van der Waals surface area contributed by atoms with Gasteiger partial charge in [0.15, 0.2) is 0 Å². The second kappa shape index (κ2) is 7.36. The number of aromatic nitrogens is 2. The molecule has 0 saturated heterocycles. The van der Waals surface area contributed by atoms with Gasteiger partial charge in [0.1, 0.15) is 11.4 Å². The van der Waals surface area contributed by atoms with E-state index < -0.39 is 5.91 Å². The third-order valence-corrected chi connectivity index (χ3v) is 4.60. The first-order valence-electron chi connectivity index (χ1n) is 7.42. The number of carbonyl (C=O) groups is 2. The average molecular weight is 336 g/mol. The van der Waals surface area contributed by atoms with E-state index >= 15 is 0 Å². The number of hydrogen-bond donors (Lipinski definition) is 2. The number of nitrogens with one attached hydrogen (secondary N) is 2. The smallest absolute Gasteiger partial charge is 0.262 e. The van der Waals surface area contributed by atoms with Crippen molar-refractivity contribution in [1.82, 2.24) is 20.2 Å². The van der Waals surface area contributed by atoms with Gasteiger partial charge in [-0.25, -0.2) is 4.98 Å². The zero-order valence-electron chi connectivity index (χ0n) is 13.4. The molecule has 124 valence electrons. The Bertz CT molecular complexity index is 794. The predicted octanol–water partition coefficient (Wildman–Crippen LogP) is 0.717. The Labute approximate surface area is 137 Å². The van der Waals surface area contributed by atoms with Crippen LogP contribution in [-0.4, -0.2) is 34.5 Å². The summed E-state index contributed by atoms with van der Waals surface area (Å²) in [7, 11) is 0. The van der Waals surface area contributed by atoms with Crippen molar-refractivity contribution in [3.8, 4) is 0 Å². The summed E-state index contributed by atoms with van der Waals surface area (Å²) >= 11 is 1.46. The van der Waals surface area contributed by atoms with Crippen LogP contribution < -0.4 is 16.2 Å². The third kappa shape index (κ3) is 3.95. The summed E-state index contributed by atoms with van der Waals surface area (Å²) in [5.41, 5.74) is 0.665. The third-order valence-electron chi connectivity index (χ3n) is 3.49. The first kappa shape index (κ1) is 17.1. The van der Waals surface area contributed by atoms with Gasteiger partial charge in [-0.2, -0.15) is 0 Å². The molecule has 23 heavy (non-hydrogen) atoms. The Balaban J connectivity index is 2.05. The van der Waals surface area contributed by atoms with E-state index in [0.717, 1.165) is 16.9 Å². The lowest BCUT2D eigenvalue weighted by Gasteiger charge is -2.07. The zero-order chi connectivity index (χ0) is 17.0. The summed E-state index contributed by atoms with van der Waals surface area (Å²) in [6.45, 7) is 6.08. The van der Waals surface area contributed by atoms with Crippen molar-refractivity contribution >= 4 is 33.4 Å². The number of aryl methyl sites for hydroxylation is 2. The SMILES string of the molecule is CCCNC(=O)CNC(=O)Cn1cnc2sc(C)c(C)c2c1=O. The van der Waals surface area contributed by atoms with Gasteiger partial charge in [-0.15, -0.1) is 11.3 Å². The Morgan fingerprint density at radius 1 is 1.26 bits per heavy atom. The summed E-state index contributed by atoms with van der Waals surface area (Å²) in [5.74, 6) is -0.644. The van der Waals surface area contributed by atoms with Crippen molar-refractivity contribution in [1.29, 1.82) is 0 Å². The molecule has 2 heterocycles. The molecule has 0 aliphatic rings. The molecule has 0 saturated carbocycles. The summed E-state index contributed by atoms with van der Waals surface area (Å²) in [6, 6.07) is 0. The molecule has 0 aliphatic carbocycles. The van der Waals surface area contributed by atoms with Crippen molar-refractivity contribution < 1.29 is 9.59 Å². The van der Waals surface area contributed by atoms with E-state index in [1.807, 2.05) is 20.8 Å². The van der Waals surface area contributed by atoms with Crippen molar-refractivity contribution in [2.24, 2.45) is 0 Å². The highest BCUT2D eigenvalue weighted by Crippen LogP contribution is 2.25. The lowest BCUT2D eigenvalue weighted by molar-refractivity contribution is -0.126. The number of hydrogen-bond acceptors (Lipinski definition) is 5. The first-order valence-corrected chi connectivity index (χ1v) is 8.24.